The number of imide groups is 1. The highest BCUT2D eigenvalue weighted by Gasteiger charge is 2.37. The zero-order chi connectivity index (χ0) is 27.2. The van der Waals surface area contributed by atoms with Gasteiger partial charge >= 0.3 is 0 Å². The van der Waals surface area contributed by atoms with E-state index >= 15 is 0 Å². The molecule has 0 aromatic heterocycles. The van der Waals surface area contributed by atoms with Crippen molar-refractivity contribution in [2.75, 3.05) is 39.1 Å². The van der Waals surface area contributed by atoms with Gasteiger partial charge in [0.15, 0.2) is 11.5 Å². The molecule has 0 bridgehead atoms. The molecule has 2 saturated heterocycles. The fourth-order valence-corrected chi connectivity index (χ4v) is 6.43. The third-order valence-corrected chi connectivity index (χ3v) is 8.65. The van der Waals surface area contributed by atoms with Crippen LogP contribution in [0.2, 0.25) is 0 Å². The molecule has 2 aliphatic heterocycles. The van der Waals surface area contributed by atoms with E-state index in [1.54, 1.807) is 42.0 Å². The third kappa shape index (κ3) is 6.42. The standard InChI is InChI=1S/C30H30N2O5S2/c1-36-25-18-21(19-27-29(34)32(30(35)39-27)20-28(33)31-14-5-2-6-15-31)12-13-24(25)37-16-17-38-26-11-7-9-22-8-3-4-10-23(22)26/h3-4,7-13,18-19H,2,5-6,14-17,20H2,1H3/b27-19-. The van der Waals surface area contributed by atoms with E-state index in [4.69, 9.17) is 9.47 Å². The number of benzene rings is 3. The monoisotopic (exact) mass is 562 g/mol. The second-order valence-corrected chi connectivity index (χ2v) is 11.4. The Morgan fingerprint density at radius 1 is 1.00 bits per heavy atom. The Hall–Kier alpha value is -3.43. The molecule has 3 aromatic rings. The largest absolute Gasteiger partial charge is 0.493 e. The summed E-state index contributed by atoms with van der Waals surface area (Å²) in [5.41, 5.74) is 0.706. The lowest BCUT2D eigenvalue weighted by atomic mass is 10.1. The van der Waals surface area contributed by atoms with Gasteiger partial charge in [0.2, 0.25) is 5.91 Å². The van der Waals surface area contributed by atoms with E-state index in [1.165, 1.54) is 15.7 Å². The highest BCUT2D eigenvalue weighted by atomic mass is 32.2. The van der Waals surface area contributed by atoms with Crippen LogP contribution in [0.15, 0.2) is 70.5 Å². The molecular formula is C30H30N2O5S2. The molecule has 5 rings (SSSR count). The van der Waals surface area contributed by atoms with Crippen LogP contribution >= 0.6 is 23.5 Å². The van der Waals surface area contributed by atoms with E-state index in [0.29, 0.717) is 36.8 Å². The van der Waals surface area contributed by atoms with Crippen molar-refractivity contribution in [3.63, 3.8) is 0 Å². The summed E-state index contributed by atoms with van der Waals surface area (Å²) in [6.45, 7) is 1.64. The quantitative estimate of drug-likeness (QED) is 0.178. The highest BCUT2D eigenvalue weighted by Crippen LogP contribution is 2.35. The Morgan fingerprint density at radius 3 is 2.62 bits per heavy atom. The lowest BCUT2D eigenvalue weighted by Gasteiger charge is -2.27. The molecule has 0 spiro atoms. The molecule has 0 radical (unpaired) electrons. The van der Waals surface area contributed by atoms with Crippen molar-refractivity contribution in [1.82, 2.24) is 9.80 Å². The number of hydrogen-bond donors (Lipinski definition) is 0. The first-order valence-corrected chi connectivity index (χ1v) is 14.8. The average Bonchev–Trinajstić information content (AvgIpc) is 3.23. The number of piperidine rings is 1. The lowest BCUT2D eigenvalue weighted by Crippen LogP contribution is -2.44. The first-order valence-electron chi connectivity index (χ1n) is 13.0. The molecule has 3 amide bonds. The average molecular weight is 563 g/mol. The van der Waals surface area contributed by atoms with E-state index in [2.05, 4.69) is 30.3 Å². The molecule has 0 atom stereocenters. The maximum atomic E-state index is 12.9. The van der Waals surface area contributed by atoms with Crippen molar-refractivity contribution in [3.05, 3.63) is 71.1 Å². The lowest BCUT2D eigenvalue weighted by molar-refractivity contribution is -0.136. The molecule has 0 saturated carbocycles. The minimum absolute atomic E-state index is 0.181. The number of carbonyl (C=O) groups excluding carboxylic acids is 3. The minimum Gasteiger partial charge on any atom is -0.493 e. The van der Waals surface area contributed by atoms with Crippen LogP contribution in [-0.4, -0.2) is 66.0 Å². The van der Waals surface area contributed by atoms with Crippen molar-refractivity contribution in [1.29, 1.82) is 0 Å². The third-order valence-electron chi connectivity index (χ3n) is 6.71. The van der Waals surface area contributed by atoms with E-state index in [9.17, 15) is 14.4 Å². The number of amides is 3. The summed E-state index contributed by atoms with van der Waals surface area (Å²) in [6, 6.07) is 20.0. The van der Waals surface area contributed by atoms with E-state index < -0.39 is 11.1 Å². The van der Waals surface area contributed by atoms with Crippen LogP contribution in [0.1, 0.15) is 24.8 Å². The zero-order valence-corrected chi connectivity index (χ0v) is 23.4. The summed E-state index contributed by atoms with van der Waals surface area (Å²) in [4.78, 5) is 42.3. The Kier molecular flexibility index (Phi) is 8.78. The van der Waals surface area contributed by atoms with Crippen molar-refractivity contribution < 1.29 is 23.9 Å². The number of nitrogens with zero attached hydrogens (tertiary/aromatic N) is 2. The van der Waals surface area contributed by atoms with E-state index in [0.717, 1.165) is 41.7 Å². The Bertz CT molecular complexity index is 1410. The summed E-state index contributed by atoms with van der Waals surface area (Å²) >= 11 is 2.59. The van der Waals surface area contributed by atoms with Gasteiger partial charge in [-0.05, 0) is 71.6 Å². The van der Waals surface area contributed by atoms with E-state index in [-0.39, 0.29) is 17.4 Å². The fourth-order valence-electron chi connectivity index (χ4n) is 4.68. The highest BCUT2D eigenvalue weighted by molar-refractivity contribution is 8.18. The van der Waals surface area contributed by atoms with Crippen LogP contribution in [0.5, 0.6) is 11.5 Å². The van der Waals surface area contributed by atoms with E-state index in [1.807, 2.05) is 18.2 Å². The van der Waals surface area contributed by atoms with Crippen LogP contribution in [0.3, 0.4) is 0 Å². The molecule has 7 nitrogen and oxygen atoms in total. The molecule has 9 heteroatoms. The number of rotatable bonds is 9. The Labute approximate surface area is 236 Å². The number of likely N-dealkylation sites (tertiary alicyclic amines) is 1. The van der Waals surface area contributed by atoms with Gasteiger partial charge in [0.25, 0.3) is 11.1 Å². The summed E-state index contributed by atoms with van der Waals surface area (Å²) in [5, 5.41) is 2.02. The van der Waals surface area contributed by atoms with Gasteiger partial charge in [0.1, 0.15) is 6.54 Å². The summed E-state index contributed by atoms with van der Waals surface area (Å²) in [5.74, 6) is 1.29. The van der Waals surface area contributed by atoms with Gasteiger partial charge in [-0.3, -0.25) is 19.3 Å². The van der Waals surface area contributed by atoms with Gasteiger partial charge in [0.05, 0.1) is 18.6 Å². The zero-order valence-electron chi connectivity index (χ0n) is 21.8. The predicted octanol–water partition coefficient (Wildman–Crippen LogP) is 6.07. The summed E-state index contributed by atoms with van der Waals surface area (Å²) in [7, 11) is 1.57. The number of carbonyl (C=O) groups is 3. The van der Waals surface area contributed by atoms with Gasteiger partial charge in [0, 0.05) is 23.7 Å². The maximum Gasteiger partial charge on any atom is 0.294 e. The normalized spacial score (nSPS) is 16.8. The smallest absolute Gasteiger partial charge is 0.294 e. The van der Waals surface area contributed by atoms with Gasteiger partial charge in [-0.1, -0.05) is 42.5 Å². The van der Waals surface area contributed by atoms with Crippen molar-refractivity contribution in [2.45, 2.75) is 24.2 Å². The summed E-state index contributed by atoms with van der Waals surface area (Å²) in [6.07, 6.45) is 4.67. The molecule has 0 aliphatic carbocycles. The number of methoxy groups -OCH3 is 1. The van der Waals surface area contributed by atoms with Gasteiger partial charge in [-0.15, -0.1) is 11.8 Å². The minimum atomic E-state index is -0.444. The number of fused-ring (bicyclic) bond motifs is 1. The topological polar surface area (TPSA) is 76.2 Å². The van der Waals surface area contributed by atoms with Crippen LogP contribution in [0.25, 0.3) is 16.8 Å². The van der Waals surface area contributed by atoms with Gasteiger partial charge < -0.3 is 14.4 Å². The van der Waals surface area contributed by atoms with Crippen LogP contribution in [0, 0.1) is 0 Å². The van der Waals surface area contributed by atoms with Crippen LogP contribution in [-0.2, 0) is 9.59 Å². The number of ether oxygens (including phenoxy) is 2. The molecular weight excluding hydrogens is 532 g/mol. The molecule has 2 fully saturated rings. The maximum absolute atomic E-state index is 12.9. The fraction of sp³-hybridized carbons (Fsp3) is 0.300. The molecule has 2 aliphatic rings. The predicted molar refractivity (Wildman–Crippen MR) is 156 cm³/mol. The van der Waals surface area contributed by atoms with Gasteiger partial charge in [-0.2, -0.15) is 0 Å². The molecule has 0 unspecified atom stereocenters. The molecule has 3 aromatic carbocycles. The first-order chi connectivity index (χ1) is 19.0. The second-order valence-electron chi connectivity index (χ2n) is 9.29. The van der Waals surface area contributed by atoms with Crippen LogP contribution < -0.4 is 9.47 Å². The Balaban J connectivity index is 1.19. The summed E-state index contributed by atoms with van der Waals surface area (Å²) < 4.78 is 11.5. The number of thioether (sulfide) groups is 2. The Morgan fingerprint density at radius 2 is 1.79 bits per heavy atom. The SMILES string of the molecule is COc1cc(/C=C2\SC(=O)N(CC(=O)N3CCCCC3)C2=O)ccc1OCCSc1cccc2ccccc12. The molecule has 202 valence electrons. The molecule has 39 heavy (non-hydrogen) atoms. The molecule has 2 heterocycles. The molecule has 0 N–H and O–H groups in total. The van der Waals surface area contributed by atoms with Crippen molar-refractivity contribution in [2.24, 2.45) is 0 Å². The van der Waals surface area contributed by atoms with Crippen molar-refractivity contribution >= 4 is 57.4 Å². The van der Waals surface area contributed by atoms with Gasteiger partial charge in [-0.25, -0.2) is 0 Å². The first kappa shape index (κ1) is 27.1. The second kappa shape index (κ2) is 12.6. The van der Waals surface area contributed by atoms with Crippen LogP contribution in [0.4, 0.5) is 4.79 Å². The van der Waals surface area contributed by atoms with Crippen molar-refractivity contribution in [3.8, 4) is 11.5 Å². The number of hydrogen-bond acceptors (Lipinski definition) is 7.